The van der Waals surface area contributed by atoms with Gasteiger partial charge in [0.05, 0.1) is 11.4 Å². The summed E-state index contributed by atoms with van der Waals surface area (Å²) in [5.41, 5.74) is 14.1. The van der Waals surface area contributed by atoms with Crippen molar-refractivity contribution in [3.63, 3.8) is 0 Å². The van der Waals surface area contributed by atoms with Crippen molar-refractivity contribution in [1.29, 1.82) is 0 Å². The van der Waals surface area contributed by atoms with Crippen LogP contribution in [0.3, 0.4) is 0 Å². The van der Waals surface area contributed by atoms with Crippen LogP contribution in [0.4, 0.5) is 0 Å². The molecular formula is C58H38N2. The minimum absolute atomic E-state index is 0.683. The van der Waals surface area contributed by atoms with Crippen LogP contribution in [0.1, 0.15) is 0 Å². The van der Waals surface area contributed by atoms with Crippen LogP contribution in [0.25, 0.3) is 111 Å². The highest BCUT2D eigenvalue weighted by Crippen LogP contribution is 2.41. The van der Waals surface area contributed by atoms with E-state index in [-0.39, 0.29) is 0 Å². The van der Waals surface area contributed by atoms with Gasteiger partial charge in [-0.3, -0.25) is 0 Å². The number of fused-ring (bicyclic) bond motifs is 4. The summed E-state index contributed by atoms with van der Waals surface area (Å²) in [6.07, 6.45) is 0. The van der Waals surface area contributed by atoms with E-state index in [1.54, 1.807) is 0 Å². The number of rotatable bonds is 7. The molecule has 0 atom stereocenters. The first-order valence-electron chi connectivity index (χ1n) is 20.5. The van der Waals surface area contributed by atoms with Gasteiger partial charge in [-0.1, -0.05) is 206 Å². The Hall–Kier alpha value is -7.94. The molecule has 0 radical (unpaired) electrons. The molecule has 11 aromatic rings. The third-order valence-corrected chi connectivity index (χ3v) is 11.7. The molecule has 0 fully saturated rings. The van der Waals surface area contributed by atoms with E-state index in [0.717, 1.165) is 50.3 Å². The Kier molecular flexibility index (Phi) is 8.87. The molecule has 2 heteroatoms. The van der Waals surface area contributed by atoms with E-state index in [9.17, 15) is 0 Å². The average Bonchev–Trinajstić information content (AvgIpc) is 3.34. The number of hydrogen-bond donors (Lipinski definition) is 0. The van der Waals surface area contributed by atoms with E-state index < -0.39 is 0 Å². The second kappa shape index (κ2) is 15.1. The largest absolute Gasteiger partial charge is 0.228 e. The summed E-state index contributed by atoms with van der Waals surface area (Å²) in [7, 11) is 0. The first-order valence-corrected chi connectivity index (χ1v) is 20.5. The molecule has 0 unspecified atom stereocenters. The van der Waals surface area contributed by atoms with E-state index in [2.05, 4.69) is 231 Å². The van der Waals surface area contributed by atoms with Gasteiger partial charge in [0.2, 0.25) is 0 Å². The number of nitrogens with zero attached hydrogens (tertiary/aromatic N) is 2. The molecule has 1 heterocycles. The van der Waals surface area contributed by atoms with Crippen LogP contribution in [0.15, 0.2) is 231 Å². The minimum Gasteiger partial charge on any atom is -0.228 e. The molecule has 2 nitrogen and oxygen atoms in total. The molecule has 0 bridgehead atoms. The van der Waals surface area contributed by atoms with Gasteiger partial charge in [-0.15, -0.1) is 0 Å². The van der Waals surface area contributed by atoms with Gasteiger partial charge >= 0.3 is 0 Å². The highest BCUT2D eigenvalue weighted by Gasteiger charge is 2.17. The fourth-order valence-corrected chi connectivity index (χ4v) is 8.73. The minimum atomic E-state index is 0.683. The molecule has 0 spiro atoms. The smallest absolute Gasteiger partial charge is 0.160 e. The fraction of sp³-hybridized carbons (Fsp3) is 0. The van der Waals surface area contributed by atoms with Crippen molar-refractivity contribution in [1.82, 2.24) is 9.97 Å². The molecule has 280 valence electrons. The van der Waals surface area contributed by atoms with Crippen LogP contribution < -0.4 is 0 Å². The average molecular weight is 763 g/mol. The molecule has 0 N–H and O–H groups in total. The van der Waals surface area contributed by atoms with E-state index in [1.165, 1.54) is 54.6 Å². The van der Waals surface area contributed by atoms with Crippen molar-refractivity contribution in [2.75, 3.05) is 0 Å². The van der Waals surface area contributed by atoms with Gasteiger partial charge in [-0.25, -0.2) is 9.97 Å². The molecule has 10 aromatic carbocycles. The van der Waals surface area contributed by atoms with Gasteiger partial charge in [-0.2, -0.15) is 0 Å². The summed E-state index contributed by atoms with van der Waals surface area (Å²) in [5, 5.41) is 7.52. The Morgan fingerprint density at radius 1 is 0.233 bits per heavy atom. The van der Waals surface area contributed by atoms with Crippen molar-refractivity contribution in [3.8, 4) is 78.4 Å². The van der Waals surface area contributed by atoms with Gasteiger partial charge in [-0.05, 0) is 101 Å². The Bertz CT molecular complexity index is 3350. The standard InChI is InChI=1S/C58H38N2/c1-3-15-39(16-4-1)40-29-31-43(32-30-40)55-38-56(52-28-12-11-25-49(52)41-17-5-2-6-18-41)60-58(59-55)48-24-14-22-45(36-48)44-21-13-23-47(35-44)57-51-27-10-8-20-46(51)37-54-50-26-9-7-19-42(50)33-34-53(54)57/h1-38H. The van der Waals surface area contributed by atoms with Crippen molar-refractivity contribution in [2.45, 2.75) is 0 Å². The van der Waals surface area contributed by atoms with Crippen molar-refractivity contribution >= 4 is 32.3 Å². The highest BCUT2D eigenvalue weighted by molar-refractivity contribution is 6.20. The number of aromatic nitrogens is 2. The lowest BCUT2D eigenvalue weighted by molar-refractivity contribution is 1.18. The van der Waals surface area contributed by atoms with Crippen molar-refractivity contribution < 1.29 is 0 Å². The lowest BCUT2D eigenvalue weighted by atomic mass is 9.88. The maximum atomic E-state index is 5.33. The molecule has 0 amide bonds. The summed E-state index contributed by atoms with van der Waals surface area (Å²) in [6, 6.07) is 82.4. The van der Waals surface area contributed by atoms with Gasteiger partial charge in [0.25, 0.3) is 0 Å². The van der Waals surface area contributed by atoms with Crippen LogP contribution in [0, 0.1) is 0 Å². The van der Waals surface area contributed by atoms with E-state index in [0.29, 0.717) is 5.82 Å². The molecule has 0 saturated carbocycles. The summed E-state index contributed by atoms with van der Waals surface area (Å²) < 4.78 is 0. The van der Waals surface area contributed by atoms with Gasteiger partial charge in [0, 0.05) is 16.7 Å². The zero-order valence-electron chi connectivity index (χ0n) is 32.8. The van der Waals surface area contributed by atoms with Crippen LogP contribution in [-0.4, -0.2) is 9.97 Å². The summed E-state index contributed by atoms with van der Waals surface area (Å²) in [6.45, 7) is 0. The molecule has 0 saturated heterocycles. The van der Waals surface area contributed by atoms with E-state index in [4.69, 9.17) is 9.97 Å². The van der Waals surface area contributed by atoms with Crippen LogP contribution in [0.2, 0.25) is 0 Å². The number of benzene rings is 10. The molecule has 0 aliphatic heterocycles. The summed E-state index contributed by atoms with van der Waals surface area (Å²) >= 11 is 0. The monoisotopic (exact) mass is 762 g/mol. The van der Waals surface area contributed by atoms with Crippen LogP contribution in [-0.2, 0) is 0 Å². The Morgan fingerprint density at radius 2 is 0.767 bits per heavy atom. The van der Waals surface area contributed by atoms with Gasteiger partial charge < -0.3 is 0 Å². The first kappa shape index (κ1) is 35.2. The SMILES string of the molecule is c1ccc(-c2ccc(-c3cc(-c4ccccc4-c4ccccc4)nc(-c4cccc(-c5cccc(-c6c7ccccc7cc7c6ccc6ccccc67)c5)c4)n3)cc2)cc1. The second-order valence-corrected chi connectivity index (χ2v) is 15.3. The maximum Gasteiger partial charge on any atom is 0.160 e. The zero-order valence-corrected chi connectivity index (χ0v) is 32.8. The molecule has 1 aromatic heterocycles. The summed E-state index contributed by atoms with van der Waals surface area (Å²) in [5.74, 6) is 0.683. The van der Waals surface area contributed by atoms with Crippen LogP contribution in [0.5, 0.6) is 0 Å². The first-order chi connectivity index (χ1) is 29.7. The fourth-order valence-electron chi connectivity index (χ4n) is 8.73. The van der Waals surface area contributed by atoms with Gasteiger partial charge in [0.15, 0.2) is 5.82 Å². The van der Waals surface area contributed by atoms with Gasteiger partial charge in [0.1, 0.15) is 0 Å². The van der Waals surface area contributed by atoms with Crippen molar-refractivity contribution in [2.24, 2.45) is 0 Å². The predicted molar refractivity (Wildman–Crippen MR) is 253 cm³/mol. The molecule has 60 heavy (non-hydrogen) atoms. The maximum absolute atomic E-state index is 5.33. The molecular weight excluding hydrogens is 725 g/mol. The van der Waals surface area contributed by atoms with Crippen LogP contribution >= 0.6 is 0 Å². The molecule has 11 rings (SSSR count). The zero-order chi connectivity index (χ0) is 39.8. The second-order valence-electron chi connectivity index (χ2n) is 15.3. The normalized spacial score (nSPS) is 11.3. The Balaban J connectivity index is 1.04. The molecule has 0 aliphatic rings. The summed E-state index contributed by atoms with van der Waals surface area (Å²) in [4.78, 5) is 10.6. The topological polar surface area (TPSA) is 25.8 Å². The number of hydrogen-bond acceptors (Lipinski definition) is 2. The lowest BCUT2D eigenvalue weighted by Gasteiger charge is -2.15. The molecule has 0 aliphatic carbocycles. The Morgan fingerprint density at radius 3 is 1.53 bits per heavy atom. The Labute approximate surface area is 349 Å². The highest BCUT2D eigenvalue weighted by atomic mass is 14.9. The lowest BCUT2D eigenvalue weighted by Crippen LogP contribution is -1.97. The predicted octanol–water partition coefficient (Wildman–Crippen LogP) is 15.6. The van der Waals surface area contributed by atoms with Crippen molar-refractivity contribution in [3.05, 3.63) is 231 Å². The quantitative estimate of drug-likeness (QED) is 0.119. The third kappa shape index (κ3) is 6.51. The van der Waals surface area contributed by atoms with E-state index >= 15 is 0 Å². The van der Waals surface area contributed by atoms with E-state index in [1.807, 2.05) is 0 Å². The third-order valence-electron chi connectivity index (χ3n) is 11.7.